The minimum atomic E-state index is 0.326. The summed E-state index contributed by atoms with van der Waals surface area (Å²) in [5, 5.41) is 9.28. The molecule has 1 atom stereocenters. The van der Waals surface area contributed by atoms with Gasteiger partial charge in [0.15, 0.2) is 0 Å². The number of nitrogens with zero attached hydrogens (tertiary/aromatic N) is 1. The van der Waals surface area contributed by atoms with Crippen molar-refractivity contribution in [2.75, 3.05) is 32.9 Å². The highest BCUT2D eigenvalue weighted by molar-refractivity contribution is 4.86. The lowest BCUT2D eigenvalue weighted by Crippen LogP contribution is -2.42. The van der Waals surface area contributed by atoms with Gasteiger partial charge in [0.05, 0.1) is 6.61 Å². The van der Waals surface area contributed by atoms with E-state index in [0.717, 1.165) is 19.8 Å². The summed E-state index contributed by atoms with van der Waals surface area (Å²) in [6.45, 7) is 6.82. The smallest absolute Gasteiger partial charge is 0.0586 e. The predicted octanol–water partition coefficient (Wildman–Crippen LogP) is 1.26. The fourth-order valence-corrected chi connectivity index (χ4v) is 2.82. The Labute approximate surface area is 92.4 Å². The first-order chi connectivity index (χ1) is 7.23. The molecule has 0 aromatic carbocycles. The van der Waals surface area contributed by atoms with Crippen molar-refractivity contribution in [2.24, 2.45) is 5.41 Å². The van der Waals surface area contributed by atoms with Crippen molar-refractivity contribution in [3.8, 4) is 0 Å². The highest BCUT2D eigenvalue weighted by Gasteiger charge is 2.33. The van der Waals surface area contributed by atoms with Crippen LogP contribution in [0.25, 0.3) is 0 Å². The third-order valence-corrected chi connectivity index (χ3v) is 3.99. The molecule has 0 bridgehead atoms. The van der Waals surface area contributed by atoms with E-state index in [1.807, 2.05) is 0 Å². The molecule has 2 rings (SSSR count). The summed E-state index contributed by atoms with van der Waals surface area (Å²) >= 11 is 0. The Balaban J connectivity index is 1.88. The number of likely N-dealkylation sites (tertiary alicyclic amines) is 1. The van der Waals surface area contributed by atoms with Crippen LogP contribution >= 0.6 is 0 Å². The maximum atomic E-state index is 9.28. The maximum absolute atomic E-state index is 9.28. The van der Waals surface area contributed by atoms with Crippen molar-refractivity contribution in [1.82, 2.24) is 4.90 Å². The Morgan fingerprint density at radius 3 is 2.80 bits per heavy atom. The SMILES string of the molecule is CC1(CN2CCC[C@H]2CO)CCOCC1. The van der Waals surface area contributed by atoms with Crippen molar-refractivity contribution >= 4 is 0 Å². The molecule has 2 fully saturated rings. The molecular formula is C12H23NO2. The molecule has 2 aliphatic rings. The molecule has 0 aromatic rings. The number of hydrogen-bond acceptors (Lipinski definition) is 3. The molecule has 0 amide bonds. The molecule has 0 spiro atoms. The summed E-state index contributed by atoms with van der Waals surface area (Å²) in [6.07, 6.45) is 4.75. The van der Waals surface area contributed by atoms with E-state index in [2.05, 4.69) is 11.8 Å². The third-order valence-electron chi connectivity index (χ3n) is 3.99. The van der Waals surface area contributed by atoms with Gasteiger partial charge >= 0.3 is 0 Å². The van der Waals surface area contributed by atoms with Gasteiger partial charge in [-0.15, -0.1) is 0 Å². The lowest BCUT2D eigenvalue weighted by atomic mass is 9.82. The Kier molecular flexibility index (Phi) is 3.65. The van der Waals surface area contributed by atoms with E-state index in [9.17, 15) is 5.11 Å². The van der Waals surface area contributed by atoms with Crippen LogP contribution in [0.1, 0.15) is 32.6 Å². The highest BCUT2D eigenvalue weighted by Crippen LogP contribution is 2.33. The molecule has 2 heterocycles. The maximum Gasteiger partial charge on any atom is 0.0586 e. The van der Waals surface area contributed by atoms with Crippen LogP contribution in [-0.2, 0) is 4.74 Å². The van der Waals surface area contributed by atoms with Gasteiger partial charge in [0.25, 0.3) is 0 Å². The lowest BCUT2D eigenvalue weighted by Gasteiger charge is -2.38. The quantitative estimate of drug-likeness (QED) is 0.766. The zero-order valence-electron chi connectivity index (χ0n) is 9.74. The molecule has 0 unspecified atom stereocenters. The van der Waals surface area contributed by atoms with E-state index in [1.54, 1.807) is 0 Å². The van der Waals surface area contributed by atoms with E-state index in [1.165, 1.54) is 32.2 Å². The van der Waals surface area contributed by atoms with Crippen molar-refractivity contribution in [3.05, 3.63) is 0 Å². The van der Waals surface area contributed by atoms with Gasteiger partial charge in [-0.3, -0.25) is 4.90 Å². The Bertz CT molecular complexity index is 202. The third kappa shape index (κ3) is 2.71. The molecule has 0 radical (unpaired) electrons. The van der Waals surface area contributed by atoms with Gasteiger partial charge in [-0.25, -0.2) is 0 Å². The second-order valence-electron chi connectivity index (χ2n) is 5.37. The fourth-order valence-electron chi connectivity index (χ4n) is 2.82. The van der Waals surface area contributed by atoms with E-state index >= 15 is 0 Å². The van der Waals surface area contributed by atoms with E-state index in [0.29, 0.717) is 18.1 Å². The van der Waals surface area contributed by atoms with Crippen LogP contribution in [0, 0.1) is 5.41 Å². The molecule has 3 nitrogen and oxygen atoms in total. The standard InChI is InChI=1S/C12H23NO2/c1-12(4-7-15-8-5-12)10-13-6-2-3-11(13)9-14/h11,14H,2-10H2,1H3/t11-/m0/s1. The zero-order chi connectivity index (χ0) is 10.7. The largest absolute Gasteiger partial charge is 0.395 e. The molecule has 15 heavy (non-hydrogen) atoms. The van der Waals surface area contributed by atoms with Gasteiger partial charge in [-0.2, -0.15) is 0 Å². The first kappa shape index (κ1) is 11.4. The number of aliphatic hydroxyl groups excluding tert-OH is 1. The fraction of sp³-hybridized carbons (Fsp3) is 1.00. The van der Waals surface area contributed by atoms with Crippen molar-refractivity contribution in [1.29, 1.82) is 0 Å². The molecule has 3 heteroatoms. The van der Waals surface area contributed by atoms with Crippen LogP contribution in [0.3, 0.4) is 0 Å². The summed E-state index contributed by atoms with van der Waals surface area (Å²) in [6, 6.07) is 0.421. The van der Waals surface area contributed by atoms with E-state index in [-0.39, 0.29) is 0 Å². The van der Waals surface area contributed by atoms with Crippen LogP contribution in [-0.4, -0.2) is 49.0 Å². The summed E-state index contributed by atoms with van der Waals surface area (Å²) in [5.74, 6) is 0. The highest BCUT2D eigenvalue weighted by atomic mass is 16.5. The van der Waals surface area contributed by atoms with Gasteiger partial charge in [0.1, 0.15) is 0 Å². The predicted molar refractivity (Wildman–Crippen MR) is 59.8 cm³/mol. The number of ether oxygens (including phenoxy) is 1. The number of rotatable bonds is 3. The first-order valence-electron chi connectivity index (χ1n) is 6.16. The Morgan fingerprint density at radius 2 is 2.13 bits per heavy atom. The van der Waals surface area contributed by atoms with Gasteiger partial charge in [0, 0.05) is 25.8 Å². The minimum absolute atomic E-state index is 0.326. The monoisotopic (exact) mass is 213 g/mol. The van der Waals surface area contributed by atoms with Crippen LogP contribution < -0.4 is 0 Å². The van der Waals surface area contributed by atoms with Crippen molar-refractivity contribution in [3.63, 3.8) is 0 Å². The molecular weight excluding hydrogens is 190 g/mol. The van der Waals surface area contributed by atoms with Gasteiger partial charge in [-0.05, 0) is 37.6 Å². The minimum Gasteiger partial charge on any atom is -0.395 e. The molecule has 0 aromatic heterocycles. The average Bonchev–Trinajstić information content (AvgIpc) is 2.65. The molecule has 88 valence electrons. The molecule has 0 saturated carbocycles. The summed E-state index contributed by atoms with van der Waals surface area (Å²) in [4.78, 5) is 2.48. The number of aliphatic hydroxyl groups is 1. The number of hydrogen-bond donors (Lipinski definition) is 1. The summed E-state index contributed by atoms with van der Waals surface area (Å²) in [5.41, 5.74) is 0.413. The second-order valence-corrected chi connectivity index (χ2v) is 5.37. The normalized spacial score (nSPS) is 32.0. The lowest BCUT2D eigenvalue weighted by molar-refractivity contribution is -0.000831. The Morgan fingerprint density at radius 1 is 1.40 bits per heavy atom. The van der Waals surface area contributed by atoms with Crippen molar-refractivity contribution < 1.29 is 9.84 Å². The topological polar surface area (TPSA) is 32.7 Å². The van der Waals surface area contributed by atoms with Crippen LogP contribution in [0.4, 0.5) is 0 Å². The van der Waals surface area contributed by atoms with Gasteiger partial charge in [-0.1, -0.05) is 6.92 Å². The van der Waals surface area contributed by atoms with Crippen molar-refractivity contribution in [2.45, 2.75) is 38.6 Å². The average molecular weight is 213 g/mol. The summed E-state index contributed by atoms with van der Waals surface area (Å²) < 4.78 is 5.41. The molecule has 0 aliphatic carbocycles. The zero-order valence-corrected chi connectivity index (χ0v) is 9.74. The van der Waals surface area contributed by atoms with E-state index < -0.39 is 0 Å². The van der Waals surface area contributed by atoms with Gasteiger partial charge < -0.3 is 9.84 Å². The molecule has 2 aliphatic heterocycles. The van der Waals surface area contributed by atoms with E-state index in [4.69, 9.17) is 4.74 Å². The summed E-state index contributed by atoms with van der Waals surface area (Å²) in [7, 11) is 0. The van der Waals surface area contributed by atoms with Crippen LogP contribution in [0.5, 0.6) is 0 Å². The first-order valence-corrected chi connectivity index (χ1v) is 6.16. The van der Waals surface area contributed by atoms with Crippen LogP contribution in [0.2, 0.25) is 0 Å². The van der Waals surface area contributed by atoms with Gasteiger partial charge in [0.2, 0.25) is 0 Å². The second kappa shape index (κ2) is 4.81. The Hall–Kier alpha value is -0.120. The van der Waals surface area contributed by atoms with Crippen LogP contribution in [0.15, 0.2) is 0 Å². The molecule has 1 N–H and O–H groups in total. The molecule has 2 saturated heterocycles.